The zero-order chi connectivity index (χ0) is 19.3. The SMILES string of the molecule is CC(C)N(C(=O)C(C)C(C#N)(c1ccccc1)c1ccccc1)C(C)C. The third-order valence-electron chi connectivity index (χ3n) is 5.02. The highest BCUT2D eigenvalue weighted by Crippen LogP contribution is 2.40. The lowest BCUT2D eigenvalue weighted by atomic mass is 9.66. The highest BCUT2D eigenvalue weighted by Gasteiger charge is 2.45. The number of rotatable bonds is 6. The van der Waals surface area contributed by atoms with Crippen molar-refractivity contribution in [1.82, 2.24) is 4.90 Å². The van der Waals surface area contributed by atoms with Crippen molar-refractivity contribution in [3.63, 3.8) is 0 Å². The van der Waals surface area contributed by atoms with Gasteiger partial charge in [-0.1, -0.05) is 67.6 Å². The molecule has 26 heavy (non-hydrogen) atoms. The molecule has 0 saturated carbocycles. The number of nitriles is 1. The predicted octanol–water partition coefficient (Wildman–Crippen LogP) is 4.78. The van der Waals surface area contributed by atoms with E-state index in [1.54, 1.807) is 0 Å². The van der Waals surface area contributed by atoms with E-state index >= 15 is 0 Å². The summed E-state index contributed by atoms with van der Waals surface area (Å²) in [6.45, 7) is 9.95. The molecule has 2 rings (SSSR count). The number of carbonyl (C=O) groups excluding carboxylic acids is 1. The number of hydrogen-bond acceptors (Lipinski definition) is 2. The molecule has 136 valence electrons. The van der Waals surface area contributed by atoms with Gasteiger partial charge in [0.1, 0.15) is 5.41 Å². The zero-order valence-electron chi connectivity index (χ0n) is 16.3. The maximum Gasteiger partial charge on any atom is 0.228 e. The molecule has 0 radical (unpaired) electrons. The van der Waals surface area contributed by atoms with E-state index in [9.17, 15) is 10.1 Å². The van der Waals surface area contributed by atoms with E-state index in [1.807, 2.05) is 100 Å². The van der Waals surface area contributed by atoms with Gasteiger partial charge in [-0.15, -0.1) is 0 Å². The van der Waals surface area contributed by atoms with Gasteiger partial charge in [-0.05, 0) is 38.8 Å². The summed E-state index contributed by atoms with van der Waals surface area (Å²) in [6.07, 6.45) is 0. The molecule has 1 atom stereocenters. The Morgan fingerprint density at radius 3 is 1.54 bits per heavy atom. The van der Waals surface area contributed by atoms with Crippen LogP contribution in [-0.2, 0) is 10.2 Å². The maximum absolute atomic E-state index is 13.5. The predicted molar refractivity (Wildman–Crippen MR) is 106 cm³/mol. The Morgan fingerprint density at radius 2 is 1.23 bits per heavy atom. The summed E-state index contributed by atoms with van der Waals surface area (Å²) in [5.41, 5.74) is 0.672. The summed E-state index contributed by atoms with van der Waals surface area (Å²) in [5, 5.41) is 10.3. The van der Waals surface area contributed by atoms with Crippen LogP contribution in [0.1, 0.15) is 45.7 Å². The number of benzene rings is 2. The van der Waals surface area contributed by atoms with Crippen LogP contribution in [0.3, 0.4) is 0 Å². The molecule has 0 aliphatic carbocycles. The molecule has 0 aliphatic rings. The van der Waals surface area contributed by atoms with Crippen molar-refractivity contribution in [2.45, 2.75) is 52.1 Å². The Morgan fingerprint density at radius 1 is 0.846 bits per heavy atom. The minimum Gasteiger partial charge on any atom is -0.338 e. The fraction of sp³-hybridized carbons (Fsp3) is 0.391. The molecule has 3 heteroatoms. The monoisotopic (exact) mass is 348 g/mol. The lowest BCUT2D eigenvalue weighted by molar-refractivity contribution is -0.139. The van der Waals surface area contributed by atoms with Crippen LogP contribution >= 0.6 is 0 Å². The summed E-state index contributed by atoms with van der Waals surface area (Å²) in [6, 6.07) is 22.0. The van der Waals surface area contributed by atoms with Crippen molar-refractivity contribution in [1.29, 1.82) is 5.26 Å². The van der Waals surface area contributed by atoms with Crippen LogP contribution in [0.2, 0.25) is 0 Å². The first-order valence-electron chi connectivity index (χ1n) is 9.20. The van der Waals surface area contributed by atoms with Gasteiger partial charge < -0.3 is 4.90 Å². The molecule has 0 aliphatic heterocycles. The maximum atomic E-state index is 13.5. The average Bonchev–Trinajstić information content (AvgIpc) is 2.64. The van der Waals surface area contributed by atoms with Gasteiger partial charge in [0.15, 0.2) is 0 Å². The molecular formula is C23H28N2O. The molecule has 0 heterocycles. The summed E-state index contributed by atoms with van der Waals surface area (Å²) in [4.78, 5) is 15.3. The van der Waals surface area contributed by atoms with Gasteiger partial charge in [-0.25, -0.2) is 0 Å². The lowest BCUT2D eigenvalue weighted by Crippen LogP contribution is -2.50. The van der Waals surface area contributed by atoms with E-state index in [0.717, 1.165) is 11.1 Å². The Kier molecular flexibility index (Phi) is 6.21. The van der Waals surface area contributed by atoms with E-state index in [-0.39, 0.29) is 18.0 Å². The molecule has 0 aromatic heterocycles. The van der Waals surface area contributed by atoms with Gasteiger partial charge in [0.05, 0.1) is 12.0 Å². The van der Waals surface area contributed by atoms with E-state index in [2.05, 4.69) is 6.07 Å². The number of hydrogen-bond donors (Lipinski definition) is 0. The first-order chi connectivity index (χ1) is 12.4. The van der Waals surface area contributed by atoms with E-state index in [1.165, 1.54) is 0 Å². The molecular weight excluding hydrogens is 320 g/mol. The van der Waals surface area contributed by atoms with Crippen molar-refractivity contribution < 1.29 is 4.79 Å². The molecule has 1 unspecified atom stereocenters. The normalized spacial score (nSPS) is 12.7. The highest BCUT2D eigenvalue weighted by molar-refractivity contribution is 5.83. The fourth-order valence-electron chi connectivity index (χ4n) is 3.81. The number of carbonyl (C=O) groups is 1. The molecule has 0 spiro atoms. The van der Waals surface area contributed by atoms with Crippen LogP contribution in [-0.4, -0.2) is 22.9 Å². The zero-order valence-corrected chi connectivity index (χ0v) is 16.3. The number of nitrogens with zero attached hydrogens (tertiary/aromatic N) is 2. The van der Waals surface area contributed by atoms with Crippen molar-refractivity contribution in [3.8, 4) is 6.07 Å². The van der Waals surface area contributed by atoms with E-state index in [4.69, 9.17) is 0 Å². The third kappa shape index (κ3) is 3.51. The Balaban J connectivity index is 2.65. The molecule has 2 aromatic rings. The summed E-state index contributed by atoms with van der Waals surface area (Å²) in [5.74, 6) is -0.508. The van der Waals surface area contributed by atoms with Crippen molar-refractivity contribution in [2.75, 3.05) is 0 Å². The van der Waals surface area contributed by atoms with Crippen LogP contribution in [0.5, 0.6) is 0 Å². The second-order valence-electron chi connectivity index (χ2n) is 7.31. The standard InChI is InChI=1S/C23H28N2O/c1-17(2)25(18(3)4)22(26)19(5)23(16-24,20-12-8-6-9-13-20)21-14-10-7-11-15-21/h6-15,17-19H,1-5H3. The topological polar surface area (TPSA) is 44.1 Å². The fourth-order valence-corrected chi connectivity index (χ4v) is 3.81. The second kappa shape index (κ2) is 8.19. The Bertz CT molecular complexity index is 712. The summed E-state index contributed by atoms with van der Waals surface area (Å²) >= 11 is 0. The third-order valence-corrected chi connectivity index (χ3v) is 5.02. The minimum atomic E-state index is -1.03. The smallest absolute Gasteiger partial charge is 0.228 e. The molecule has 1 amide bonds. The van der Waals surface area contributed by atoms with E-state index < -0.39 is 11.3 Å². The van der Waals surface area contributed by atoms with Crippen LogP contribution in [0.15, 0.2) is 60.7 Å². The van der Waals surface area contributed by atoms with E-state index in [0.29, 0.717) is 0 Å². The lowest BCUT2D eigenvalue weighted by Gasteiger charge is -2.39. The highest BCUT2D eigenvalue weighted by atomic mass is 16.2. The van der Waals surface area contributed by atoms with Crippen molar-refractivity contribution in [2.24, 2.45) is 5.92 Å². The Hall–Kier alpha value is -2.60. The van der Waals surface area contributed by atoms with Crippen molar-refractivity contribution in [3.05, 3.63) is 71.8 Å². The molecule has 0 bridgehead atoms. The van der Waals surface area contributed by atoms with Gasteiger partial charge in [0.25, 0.3) is 0 Å². The first-order valence-corrected chi connectivity index (χ1v) is 9.20. The van der Waals surface area contributed by atoms with Gasteiger partial charge in [0, 0.05) is 12.1 Å². The summed E-state index contributed by atoms with van der Waals surface area (Å²) < 4.78 is 0. The van der Waals surface area contributed by atoms with Crippen LogP contribution in [0, 0.1) is 17.2 Å². The number of amides is 1. The van der Waals surface area contributed by atoms with Crippen LogP contribution < -0.4 is 0 Å². The molecule has 0 saturated heterocycles. The van der Waals surface area contributed by atoms with Gasteiger partial charge in [-0.2, -0.15) is 5.26 Å². The van der Waals surface area contributed by atoms with Gasteiger partial charge >= 0.3 is 0 Å². The molecule has 0 fully saturated rings. The molecule has 3 nitrogen and oxygen atoms in total. The first kappa shape index (κ1) is 19.7. The molecule has 0 N–H and O–H groups in total. The second-order valence-corrected chi connectivity index (χ2v) is 7.31. The van der Waals surface area contributed by atoms with Crippen LogP contribution in [0.4, 0.5) is 0 Å². The Labute approximate surface area is 157 Å². The minimum absolute atomic E-state index is 0.00394. The quantitative estimate of drug-likeness (QED) is 0.754. The molecule has 2 aromatic carbocycles. The summed E-state index contributed by atoms with van der Waals surface area (Å²) in [7, 11) is 0. The average molecular weight is 348 g/mol. The van der Waals surface area contributed by atoms with Gasteiger partial charge in [0.2, 0.25) is 5.91 Å². The van der Waals surface area contributed by atoms with Crippen LogP contribution in [0.25, 0.3) is 0 Å². The van der Waals surface area contributed by atoms with Gasteiger partial charge in [-0.3, -0.25) is 4.79 Å². The van der Waals surface area contributed by atoms with Crippen molar-refractivity contribution >= 4 is 5.91 Å². The largest absolute Gasteiger partial charge is 0.338 e.